The molecule has 1 amide bonds. The quantitative estimate of drug-likeness (QED) is 0.875. The molecule has 1 N–H and O–H groups in total. The molecule has 1 heterocycles. The fourth-order valence-corrected chi connectivity index (χ4v) is 2.56. The third-order valence-electron chi connectivity index (χ3n) is 3.45. The van der Waals surface area contributed by atoms with Crippen molar-refractivity contribution >= 4 is 34.8 Å². The fourth-order valence-electron chi connectivity index (χ4n) is 2.38. The van der Waals surface area contributed by atoms with E-state index in [1.54, 1.807) is 44.6 Å². The van der Waals surface area contributed by atoms with Crippen molar-refractivity contribution in [1.82, 2.24) is 0 Å². The number of halogens is 1. The number of nitrogens with one attached hydrogen (secondary N) is 1. The highest BCUT2D eigenvalue weighted by molar-refractivity contribution is 6.36. The Bertz CT molecular complexity index is 761. The first kappa shape index (κ1) is 14.5. The lowest BCUT2D eigenvalue weighted by Crippen LogP contribution is -2.03. The van der Waals surface area contributed by atoms with E-state index in [1.165, 1.54) is 0 Å². The number of rotatable bonds is 3. The van der Waals surface area contributed by atoms with Gasteiger partial charge in [0.05, 0.1) is 14.2 Å². The molecule has 1 aliphatic rings. The molecule has 0 unspecified atom stereocenters. The molecule has 1 aliphatic heterocycles. The highest BCUT2D eigenvalue weighted by Gasteiger charge is 2.24. The van der Waals surface area contributed by atoms with Crippen LogP contribution in [0.3, 0.4) is 0 Å². The van der Waals surface area contributed by atoms with Gasteiger partial charge in [-0.25, -0.2) is 0 Å². The van der Waals surface area contributed by atoms with E-state index in [1.807, 2.05) is 12.1 Å². The van der Waals surface area contributed by atoms with Gasteiger partial charge in [0.2, 0.25) is 0 Å². The summed E-state index contributed by atoms with van der Waals surface area (Å²) in [6.45, 7) is 0. The molecular formula is C17H14ClNO3. The minimum atomic E-state index is -0.154. The minimum Gasteiger partial charge on any atom is -0.497 e. The second kappa shape index (κ2) is 5.73. The van der Waals surface area contributed by atoms with Gasteiger partial charge >= 0.3 is 0 Å². The molecule has 0 radical (unpaired) electrons. The van der Waals surface area contributed by atoms with Gasteiger partial charge in [-0.1, -0.05) is 11.6 Å². The number of carbonyl (C=O) groups excluding carboxylic acids is 1. The van der Waals surface area contributed by atoms with Gasteiger partial charge in [-0.15, -0.1) is 0 Å². The first-order chi connectivity index (χ1) is 10.6. The largest absolute Gasteiger partial charge is 0.497 e. The van der Waals surface area contributed by atoms with Crippen molar-refractivity contribution < 1.29 is 14.3 Å². The smallest absolute Gasteiger partial charge is 0.256 e. The number of hydrogen-bond donors (Lipinski definition) is 1. The lowest BCUT2D eigenvalue weighted by molar-refractivity contribution is -0.110. The molecule has 0 saturated heterocycles. The molecule has 0 aliphatic carbocycles. The molecule has 0 fully saturated rings. The number of methoxy groups -OCH3 is 2. The zero-order valence-electron chi connectivity index (χ0n) is 12.1. The van der Waals surface area contributed by atoms with E-state index in [0.717, 1.165) is 16.8 Å². The van der Waals surface area contributed by atoms with Gasteiger partial charge < -0.3 is 14.8 Å². The highest BCUT2D eigenvalue weighted by atomic mass is 35.5. The lowest BCUT2D eigenvalue weighted by Gasteiger charge is -2.06. The van der Waals surface area contributed by atoms with Gasteiger partial charge in [0, 0.05) is 27.9 Å². The van der Waals surface area contributed by atoms with E-state index in [4.69, 9.17) is 21.1 Å². The average molecular weight is 316 g/mol. The van der Waals surface area contributed by atoms with E-state index in [-0.39, 0.29) is 5.91 Å². The molecule has 0 spiro atoms. The van der Waals surface area contributed by atoms with E-state index < -0.39 is 0 Å². The normalized spacial score (nSPS) is 14.7. The first-order valence-electron chi connectivity index (χ1n) is 6.67. The molecular weight excluding hydrogens is 302 g/mol. The molecule has 5 heteroatoms. The summed E-state index contributed by atoms with van der Waals surface area (Å²) in [4.78, 5) is 12.2. The summed E-state index contributed by atoms with van der Waals surface area (Å²) in [5.41, 5.74) is 2.93. The predicted octanol–water partition coefficient (Wildman–Crippen LogP) is 3.85. The first-order valence-corrected chi connectivity index (χ1v) is 7.04. The van der Waals surface area contributed by atoms with Crippen LogP contribution in [0.5, 0.6) is 11.5 Å². The Morgan fingerprint density at radius 1 is 1.05 bits per heavy atom. The van der Waals surface area contributed by atoms with Crippen LogP contribution in [0, 0.1) is 0 Å². The summed E-state index contributed by atoms with van der Waals surface area (Å²) in [7, 11) is 3.17. The number of benzene rings is 2. The third-order valence-corrected chi connectivity index (χ3v) is 3.68. The van der Waals surface area contributed by atoms with Crippen LogP contribution in [0.15, 0.2) is 36.4 Å². The summed E-state index contributed by atoms with van der Waals surface area (Å²) in [6, 6.07) is 10.8. The maximum Gasteiger partial charge on any atom is 0.256 e. The zero-order valence-corrected chi connectivity index (χ0v) is 12.9. The Balaban J connectivity index is 2.10. The SMILES string of the molecule is COc1cc(C=C2C(=O)Nc3ccc(Cl)cc32)cc(OC)c1. The van der Waals surface area contributed by atoms with Crippen molar-refractivity contribution in [3.8, 4) is 11.5 Å². The van der Waals surface area contributed by atoms with Gasteiger partial charge in [0.15, 0.2) is 0 Å². The molecule has 2 aromatic rings. The van der Waals surface area contributed by atoms with Gasteiger partial charge in [0.25, 0.3) is 5.91 Å². The summed E-state index contributed by atoms with van der Waals surface area (Å²) in [6.07, 6.45) is 1.79. The number of fused-ring (bicyclic) bond motifs is 1. The molecule has 0 saturated carbocycles. The van der Waals surface area contributed by atoms with E-state index in [0.29, 0.717) is 22.1 Å². The number of ether oxygens (including phenoxy) is 2. The Kier molecular flexibility index (Phi) is 3.77. The highest BCUT2D eigenvalue weighted by Crippen LogP contribution is 2.35. The Hall–Kier alpha value is -2.46. The van der Waals surface area contributed by atoms with Crippen LogP contribution in [0.4, 0.5) is 5.69 Å². The fraction of sp³-hybridized carbons (Fsp3) is 0.118. The molecule has 22 heavy (non-hydrogen) atoms. The van der Waals surface area contributed by atoms with E-state index >= 15 is 0 Å². The van der Waals surface area contributed by atoms with E-state index in [9.17, 15) is 4.79 Å². The van der Waals surface area contributed by atoms with Crippen molar-refractivity contribution in [3.63, 3.8) is 0 Å². The van der Waals surface area contributed by atoms with Crippen molar-refractivity contribution in [2.75, 3.05) is 19.5 Å². The zero-order chi connectivity index (χ0) is 15.7. The van der Waals surface area contributed by atoms with Gasteiger partial charge in [-0.05, 0) is 42.0 Å². The van der Waals surface area contributed by atoms with Gasteiger partial charge in [-0.3, -0.25) is 4.79 Å². The molecule has 0 atom stereocenters. The summed E-state index contributed by atoms with van der Waals surface area (Å²) in [5.74, 6) is 1.17. The molecule has 2 aromatic carbocycles. The Labute approximate surface area is 133 Å². The third kappa shape index (κ3) is 2.65. The van der Waals surface area contributed by atoms with Gasteiger partial charge in [0.1, 0.15) is 11.5 Å². The molecule has 3 rings (SSSR count). The second-order valence-electron chi connectivity index (χ2n) is 4.85. The van der Waals surface area contributed by atoms with E-state index in [2.05, 4.69) is 5.32 Å². The summed E-state index contributed by atoms with van der Waals surface area (Å²) >= 11 is 6.03. The Morgan fingerprint density at radius 2 is 1.73 bits per heavy atom. The molecule has 0 aromatic heterocycles. The molecule has 4 nitrogen and oxygen atoms in total. The van der Waals surface area contributed by atoms with Crippen molar-refractivity contribution in [2.45, 2.75) is 0 Å². The monoisotopic (exact) mass is 315 g/mol. The minimum absolute atomic E-state index is 0.154. The van der Waals surface area contributed by atoms with Crippen LogP contribution in [0.25, 0.3) is 11.6 Å². The van der Waals surface area contributed by atoms with Crippen LogP contribution in [-0.2, 0) is 4.79 Å². The maximum absolute atomic E-state index is 12.2. The molecule has 112 valence electrons. The van der Waals surface area contributed by atoms with Crippen molar-refractivity contribution in [2.24, 2.45) is 0 Å². The molecule has 0 bridgehead atoms. The number of anilines is 1. The lowest BCUT2D eigenvalue weighted by atomic mass is 10.0. The number of hydrogen-bond acceptors (Lipinski definition) is 3. The van der Waals surface area contributed by atoms with Crippen LogP contribution >= 0.6 is 11.6 Å². The predicted molar refractivity (Wildman–Crippen MR) is 87.5 cm³/mol. The Morgan fingerprint density at radius 3 is 2.36 bits per heavy atom. The summed E-state index contributed by atoms with van der Waals surface area (Å²) < 4.78 is 10.5. The van der Waals surface area contributed by atoms with Crippen LogP contribution in [-0.4, -0.2) is 20.1 Å². The van der Waals surface area contributed by atoms with Gasteiger partial charge in [-0.2, -0.15) is 0 Å². The maximum atomic E-state index is 12.2. The number of carbonyl (C=O) groups is 1. The standard InChI is InChI=1S/C17H14ClNO3/c1-21-12-5-10(6-13(9-12)22-2)7-15-14-8-11(18)3-4-16(14)19-17(15)20/h3-9H,1-2H3,(H,19,20). The topological polar surface area (TPSA) is 47.6 Å². The van der Waals surface area contributed by atoms with Crippen LogP contribution < -0.4 is 14.8 Å². The van der Waals surface area contributed by atoms with Crippen LogP contribution in [0.2, 0.25) is 5.02 Å². The van der Waals surface area contributed by atoms with Crippen molar-refractivity contribution in [3.05, 3.63) is 52.5 Å². The second-order valence-corrected chi connectivity index (χ2v) is 5.28. The average Bonchev–Trinajstić information content (AvgIpc) is 2.82. The number of amides is 1. The van der Waals surface area contributed by atoms with Crippen LogP contribution in [0.1, 0.15) is 11.1 Å². The van der Waals surface area contributed by atoms with Crippen molar-refractivity contribution in [1.29, 1.82) is 0 Å². The summed E-state index contributed by atoms with van der Waals surface area (Å²) in [5, 5.41) is 3.41.